The van der Waals surface area contributed by atoms with Crippen LogP contribution in [0.15, 0.2) is 18.3 Å². The van der Waals surface area contributed by atoms with Gasteiger partial charge in [-0.25, -0.2) is 4.98 Å². The normalized spacial score (nSPS) is 14.3. The van der Waals surface area contributed by atoms with E-state index in [1.807, 2.05) is 12.1 Å². The van der Waals surface area contributed by atoms with E-state index in [0.29, 0.717) is 12.6 Å². The minimum Gasteiger partial charge on any atom is -0.389 e. The maximum absolute atomic E-state index is 9.84. The first-order chi connectivity index (χ1) is 8.61. The van der Waals surface area contributed by atoms with Crippen molar-refractivity contribution in [2.75, 3.05) is 25.2 Å². The number of methoxy groups -OCH3 is 1. The first-order valence-electron chi connectivity index (χ1n) is 6.50. The summed E-state index contributed by atoms with van der Waals surface area (Å²) in [4.78, 5) is 6.63. The van der Waals surface area contributed by atoms with Crippen LogP contribution in [-0.2, 0) is 4.74 Å². The van der Waals surface area contributed by atoms with Crippen LogP contribution in [0.4, 0.5) is 5.82 Å². The predicted octanol–water partition coefficient (Wildman–Crippen LogP) is 2.39. The summed E-state index contributed by atoms with van der Waals surface area (Å²) >= 11 is 0. The molecule has 0 saturated carbocycles. The summed E-state index contributed by atoms with van der Waals surface area (Å²) in [5, 5.41) is 9.84. The molecule has 2 atom stereocenters. The molecule has 0 aliphatic heterocycles. The lowest BCUT2D eigenvalue weighted by atomic mass is 10.1. The molecule has 0 fully saturated rings. The van der Waals surface area contributed by atoms with Gasteiger partial charge in [-0.1, -0.05) is 13.0 Å². The SMILES string of the molecule is CCC(C)N(CCOC)c1ncccc1[C@H](C)O. The zero-order valence-corrected chi connectivity index (χ0v) is 11.8. The molecule has 1 N–H and O–H groups in total. The van der Waals surface area contributed by atoms with Crippen molar-refractivity contribution in [2.45, 2.75) is 39.3 Å². The average Bonchev–Trinajstić information content (AvgIpc) is 2.39. The zero-order chi connectivity index (χ0) is 13.5. The van der Waals surface area contributed by atoms with E-state index < -0.39 is 6.10 Å². The quantitative estimate of drug-likeness (QED) is 0.809. The van der Waals surface area contributed by atoms with Gasteiger partial charge in [-0.2, -0.15) is 0 Å². The summed E-state index contributed by atoms with van der Waals surface area (Å²) in [6.45, 7) is 7.51. The summed E-state index contributed by atoms with van der Waals surface area (Å²) in [5.41, 5.74) is 0.869. The molecular weight excluding hydrogens is 228 g/mol. The Labute approximate surface area is 110 Å². The smallest absolute Gasteiger partial charge is 0.134 e. The minimum absolute atomic E-state index is 0.368. The molecule has 0 aliphatic rings. The van der Waals surface area contributed by atoms with Crippen molar-refractivity contribution in [2.24, 2.45) is 0 Å². The van der Waals surface area contributed by atoms with Crippen LogP contribution in [0.5, 0.6) is 0 Å². The maximum atomic E-state index is 9.84. The van der Waals surface area contributed by atoms with Crippen LogP contribution in [0, 0.1) is 0 Å². The van der Waals surface area contributed by atoms with Gasteiger partial charge < -0.3 is 14.7 Å². The van der Waals surface area contributed by atoms with Crippen molar-refractivity contribution in [1.29, 1.82) is 0 Å². The van der Waals surface area contributed by atoms with Crippen LogP contribution in [0.1, 0.15) is 38.9 Å². The van der Waals surface area contributed by atoms with Crippen molar-refractivity contribution in [3.63, 3.8) is 0 Å². The lowest BCUT2D eigenvalue weighted by Gasteiger charge is -2.31. The molecule has 0 saturated heterocycles. The number of nitrogens with zero attached hydrogens (tertiary/aromatic N) is 2. The highest BCUT2D eigenvalue weighted by Crippen LogP contribution is 2.25. The number of aromatic nitrogens is 1. The molecule has 0 radical (unpaired) electrons. The first kappa shape index (κ1) is 14.9. The summed E-state index contributed by atoms with van der Waals surface area (Å²) in [5.74, 6) is 0.860. The van der Waals surface area contributed by atoms with Crippen LogP contribution in [0.2, 0.25) is 0 Å². The standard InChI is InChI=1S/C14H24N2O2/c1-5-11(2)16(9-10-18-4)14-13(12(3)17)7-6-8-15-14/h6-8,11-12,17H,5,9-10H2,1-4H3/t11?,12-/m0/s1. The maximum Gasteiger partial charge on any atom is 0.134 e. The Morgan fingerprint density at radius 1 is 1.44 bits per heavy atom. The van der Waals surface area contributed by atoms with Crippen LogP contribution in [0.3, 0.4) is 0 Å². The number of ether oxygens (including phenoxy) is 1. The van der Waals surface area contributed by atoms with Crippen LogP contribution >= 0.6 is 0 Å². The number of hydrogen-bond acceptors (Lipinski definition) is 4. The van der Waals surface area contributed by atoms with Crippen molar-refractivity contribution in [3.8, 4) is 0 Å². The van der Waals surface area contributed by atoms with Gasteiger partial charge in [0.1, 0.15) is 5.82 Å². The van der Waals surface area contributed by atoms with E-state index in [4.69, 9.17) is 4.74 Å². The Hall–Kier alpha value is -1.13. The number of anilines is 1. The minimum atomic E-state index is -0.511. The number of hydrogen-bond donors (Lipinski definition) is 1. The van der Waals surface area contributed by atoms with Crippen molar-refractivity contribution in [1.82, 2.24) is 4.98 Å². The van der Waals surface area contributed by atoms with E-state index in [-0.39, 0.29) is 0 Å². The second-order valence-electron chi connectivity index (χ2n) is 4.54. The van der Waals surface area contributed by atoms with Gasteiger partial charge in [-0.05, 0) is 26.3 Å². The van der Waals surface area contributed by atoms with E-state index in [9.17, 15) is 5.11 Å². The number of pyridine rings is 1. The number of aliphatic hydroxyl groups excluding tert-OH is 1. The van der Waals surface area contributed by atoms with Crippen molar-refractivity contribution >= 4 is 5.82 Å². The van der Waals surface area contributed by atoms with Gasteiger partial charge in [0.05, 0.1) is 12.7 Å². The highest BCUT2D eigenvalue weighted by Gasteiger charge is 2.19. The molecule has 0 aliphatic carbocycles. The van der Waals surface area contributed by atoms with Gasteiger partial charge in [-0.15, -0.1) is 0 Å². The lowest BCUT2D eigenvalue weighted by molar-refractivity contribution is 0.195. The van der Waals surface area contributed by atoms with E-state index in [1.165, 1.54) is 0 Å². The predicted molar refractivity (Wildman–Crippen MR) is 73.8 cm³/mol. The Bertz CT molecular complexity index is 355. The summed E-state index contributed by atoms with van der Waals surface area (Å²) in [6, 6.07) is 4.15. The van der Waals surface area contributed by atoms with E-state index in [2.05, 4.69) is 23.7 Å². The molecule has 4 heteroatoms. The van der Waals surface area contributed by atoms with E-state index in [1.54, 1.807) is 20.2 Å². The molecule has 1 unspecified atom stereocenters. The van der Waals surface area contributed by atoms with Crippen molar-refractivity contribution in [3.05, 3.63) is 23.9 Å². The highest BCUT2D eigenvalue weighted by atomic mass is 16.5. The molecule has 0 bridgehead atoms. The van der Waals surface area contributed by atoms with Gasteiger partial charge in [0.25, 0.3) is 0 Å². The van der Waals surface area contributed by atoms with E-state index in [0.717, 1.165) is 24.3 Å². The highest BCUT2D eigenvalue weighted by molar-refractivity contribution is 5.48. The number of aliphatic hydroxyl groups is 1. The van der Waals surface area contributed by atoms with Gasteiger partial charge in [0.15, 0.2) is 0 Å². The molecule has 1 aromatic heterocycles. The molecule has 1 rings (SSSR count). The molecular formula is C14H24N2O2. The lowest BCUT2D eigenvalue weighted by Crippen LogP contribution is -2.37. The molecule has 1 aromatic rings. The Balaban J connectivity index is 3.03. The molecule has 4 nitrogen and oxygen atoms in total. The second kappa shape index (κ2) is 7.34. The van der Waals surface area contributed by atoms with Crippen LogP contribution < -0.4 is 4.90 Å². The van der Waals surface area contributed by atoms with Crippen LogP contribution in [0.25, 0.3) is 0 Å². The molecule has 102 valence electrons. The molecule has 18 heavy (non-hydrogen) atoms. The third kappa shape index (κ3) is 3.68. The average molecular weight is 252 g/mol. The summed E-state index contributed by atoms with van der Waals surface area (Å²) in [6.07, 6.45) is 2.28. The Kier molecular flexibility index (Phi) is 6.09. The third-order valence-corrected chi connectivity index (χ3v) is 3.20. The fourth-order valence-electron chi connectivity index (χ4n) is 1.92. The summed E-state index contributed by atoms with van der Waals surface area (Å²) in [7, 11) is 1.70. The van der Waals surface area contributed by atoms with Gasteiger partial charge in [0, 0.05) is 31.5 Å². The van der Waals surface area contributed by atoms with Gasteiger partial charge in [0.2, 0.25) is 0 Å². The number of rotatable bonds is 7. The molecule has 0 amide bonds. The van der Waals surface area contributed by atoms with E-state index >= 15 is 0 Å². The van der Waals surface area contributed by atoms with Crippen LogP contribution in [-0.4, -0.2) is 36.4 Å². The molecule has 0 spiro atoms. The molecule has 1 heterocycles. The first-order valence-corrected chi connectivity index (χ1v) is 6.50. The summed E-state index contributed by atoms with van der Waals surface area (Å²) < 4.78 is 5.16. The fraction of sp³-hybridized carbons (Fsp3) is 0.643. The third-order valence-electron chi connectivity index (χ3n) is 3.20. The van der Waals surface area contributed by atoms with Gasteiger partial charge >= 0.3 is 0 Å². The monoisotopic (exact) mass is 252 g/mol. The zero-order valence-electron chi connectivity index (χ0n) is 11.8. The fourth-order valence-corrected chi connectivity index (χ4v) is 1.92. The van der Waals surface area contributed by atoms with Crippen molar-refractivity contribution < 1.29 is 9.84 Å². The molecule has 0 aromatic carbocycles. The van der Waals surface area contributed by atoms with Gasteiger partial charge in [-0.3, -0.25) is 0 Å². The second-order valence-corrected chi connectivity index (χ2v) is 4.54. The Morgan fingerprint density at radius 2 is 2.17 bits per heavy atom. The largest absolute Gasteiger partial charge is 0.389 e. The Morgan fingerprint density at radius 3 is 2.72 bits per heavy atom. The topological polar surface area (TPSA) is 45.6 Å².